The van der Waals surface area contributed by atoms with Crippen LogP contribution in [0.3, 0.4) is 0 Å². The first-order valence-corrected chi connectivity index (χ1v) is 9.59. The van der Waals surface area contributed by atoms with Crippen LogP contribution in [0.4, 0.5) is 0 Å². The molecule has 8 nitrogen and oxygen atoms in total. The molecule has 0 aliphatic carbocycles. The third kappa shape index (κ3) is 3.07. The maximum absolute atomic E-state index is 12.7. The van der Waals surface area contributed by atoms with E-state index >= 15 is 0 Å². The van der Waals surface area contributed by atoms with Gasteiger partial charge in [0, 0.05) is 29.9 Å². The van der Waals surface area contributed by atoms with Gasteiger partial charge in [-0.3, -0.25) is 0 Å². The Morgan fingerprint density at radius 3 is 2.32 bits per heavy atom. The average molecular weight is 424 g/mol. The molecule has 2 aliphatic rings. The van der Waals surface area contributed by atoms with Gasteiger partial charge < -0.3 is 33.2 Å². The molecule has 0 saturated carbocycles. The molecule has 0 aromatic heterocycles. The van der Waals surface area contributed by atoms with E-state index < -0.39 is 5.97 Å². The Balaban J connectivity index is 1.86. The van der Waals surface area contributed by atoms with Crippen LogP contribution in [-0.2, 0) is 16.1 Å². The van der Waals surface area contributed by atoms with Crippen LogP contribution < -0.4 is 23.7 Å². The van der Waals surface area contributed by atoms with Crippen LogP contribution in [-0.4, -0.2) is 40.9 Å². The number of methoxy groups -OCH3 is 3. The van der Waals surface area contributed by atoms with E-state index in [1.165, 1.54) is 7.11 Å². The number of ether oxygens (including phenoxy) is 7. The second kappa shape index (κ2) is 7.55. The molecule has 160 valence electrons. The van der Waals surface area contributed by atoms with E-state index in [2.05, 4.69) is 0 Å². The summed E-state index contributed by atoms with van der Waals surface area (Å²) in [4.78, 5) is 12.7. The van der Waals surface area contributed by atoms with Gasteiger partial charge in [0.05, 0.1) is 19.8 Å². The number of esters is 1. The molecular weight excluding hydrogens is 404 g/mol. The quantitative estimate of drug-likeness (QED) is 0.435. The summed E-state index contributed by atoms with van der Waals surface area (Å²) < 4.78 is 38.4. The third-order valence-corrected chi connectivity index (χ3v) is 5.37. The Kier molecular flexibility index (Phi) is 4.71. The second-order valence-electron chi connectivity index (χ2n) is 7.04. The average Bonchev–Trinajstić information content (AvgIpc) is 3.40. The van der Waals surface area contributed by atoms with Gasteiger partial charge in [0.25, 0.3) is 0 Å². The summed E-state index contributed by atoms with van der Waals surface area (Å²) >= 11 is 0. The first-order chi connectivity index (χ1) is 15.1. The number of carbonyl (C=O) groups is 1. The Hall–Kier alpha value is -3.65. The summed E-state index contributed by atoms with van der Waals surface area (Å²) in [6, 6.07) is 9.21. The van der Waals surface area contributed by atoms with E-state index in [1.807, 2.05) is 24.3 Å². The van der Waals surface area contributed by atoms with Crippen molar-refractivity contribution in [3.8, 4) is 39.9 Å². The van der Waals surface area contributed by atoms with Gasteiger partial charge in [-0.1, -0.05) is 0 Å². The molecule has 0 amide bonds. The molecule has 0 bridgehead atoms. The number of fused-ring (bicyclic) bond motifs is 3. The minimum absolute atomic E-state index is 0.0290. The zero-order valence-electron chi connectivity index (χ0n) is 17.3. The Morgan fingerprint density at radius 2 is 1.58 bits per heavy atom. The SMILES string of the molecule is COCOc1cc2c(cc1-c1c3c(cc4cc(OC)c(OC)cc14)COC3=O)OCO2. The highest BCUT2D eigenvalue weighted by atomic mass is 16.7. The molecule has 2 heterocycles. The number of benzene rings is 3. The van der Waals surface area contributed by atoms with E-state index in [0.717, 1.165) is 16.3 Å². The Bertz CT molecular complexity index is 1200. The smallest absolute Gasteiger partial charge is 0.339 e. The number of carbonyl (C=O) groups excluding carboxylic acids is 1. The highest BCUT2D eigenvalue weighted by molar-refractivity contribution is 6.12. The zero-order chi connectivity index (χ0) is 21.5. The van der Waals surface area contributed by atoms with Gasteiger partial charge in [-0.2, -0.15) is 0 Å². The summed E-state index contributed by atoms with van der Waals surface area (Å²) in [5.74, 6) is 2.37. The van der Waals surface area contributed by atoms with Crippen molar-refractivity contribution in [1.82, 2.24) is 0 Å². The van der Waals surface area contributed by atoms with Crippen molar-refractivity contribution in [3.63, 3.8) is 0 Å². The summed E-state index contributed by atoms with van der Waals surface area (Å²) in [6.45, 7) is 0.342. The van der Waals surface area contributed by atoms with Gasteiger partial charge in [-0.25, -0.2) is 4.79 Å². The van der Waals surface area contributed by atoms with E-state index in [9.17, 15) is 4.79 Å². The van der Waals surface area contributed by atoms with Crippen molar-refractivity contribution in [1.29, 1.82) is 0 Å². The monoisotopic (exact) mass is 424 g/mol. The van der Waals surface area contributed by atoms with Crippen LogP contribution in [0.2, 0.25) is 0 Å². The molecule has 31 heavy (non-hydrogen) atoms. The molecule has 5 rings (SSSR count). The van der Waals surface area contributed by atoms with Gasteiger partial charge in [0.15, 0.2) is 29.8 Å². The summed E-state index contributed by atoms with van der Waals surface area (Å²) in [6.07, 6.45) is 0. The van der Waals surface area contributed by atoms with Gasteiger partial charge in [-0.15, -0.1) is 0 Å². The lowest BCUT2D eigenvalue weighted by atomic mass is 9.89. The van der Waals surface area contributed by atoms with Crippen LogP contribution in [0.25, 0.3) is 21.9 Å². The van der Waals surface area contributed by atoms with Crippen LogP contribution in [0.15, 0.2) is 30.3 Å². The maximum atomic E-state index is 12.7. The fourth-order valence-electron chi connectivity index (χ4n) is 3.99. The lowest BCUT2D eigenvalue weighted by molar-refractivity contribution is 0.0514. The molecule has 0 N–H and O–H groups in total. The molecule has 2 aliphatic heterocycles. The third-order valence-electron chi connectivity index (χ3n) is 5.37. The molecule has 0 spiro atoms. The molecule has 8 heteroatoms. The lowest BCUT2D eigenvalue weighted by Gasteiger charge is -2.18. The molecule has 0 fully saturated rings. The number of rotatable bonds is 6. The van der Waals surface area contributed by atoms with Crippen LogP contribution in [0.5, 0.6) is 28.7 Å². The summed E-state index contributed by atoms with van der Waals surface area (Å²) in [7, 11) is 4.69. The number of hydrogen-bond acceptors (Lipinski definition) is 8. The zero-order valence-corrected chi connectivity index (χ0v) is 17.3. The highest BCUT2D eigenvalue weighted by Gasteiger charge is 2.31. The van der Waals surface area contributed by atoms with Crippen molar-refractivity contribution in [2.24, 2.45) is 0 Å². The lowest BCUT2D eigenvalue weighted by Crippen LogP contribution is -2.04. The van der Waals surface area contributed by atoms with E-state index in [0.29, 0.717) is 45.4 Å². The standard InChI is InChI=1S/C23H20O8/c1-25-10-29-16-8-20-19(30-11-31-20)7-15(16)22-14-6-18(27-3)17(26-2)5-12(14)4-13-9-28-23(24)21(13)22/h4-8H,9-11H2,1-3H3. The summed E-state index contributed by atoms with van der Waals surface area (Å²) in [5, 5.41) is 1.66. The minimum Gasteiger partial charge on any atom is -0.493 e. The van der Waals surface area contributed by atoms with Gasteiger partial charge in [0.2, 0.25) is 6.79 Å². The molecular formula is C23H20O8. The van der Waals surface area contributed by atoms with Crippen molar-refractivity contribution < 1.29 is 38.0 Å². The van der Waals surface area contributed by atoms with E-state index in [-0.39, 0.29) is 20.2 Å². The van der Waals surface area contributed by atoms with Gasteiger partial charge >= 0.3 is 5.97 Å². The minimum atomic E-state index is -0.392. The van der Waals surface area contributed by atoms with Gasteiger partial charge in [-0.05, 0) is 35.0 Å². The fraction of sp³-hybridized carbons (Fsp3) is 0.261. The normalized spacial score (nSPS) is 13.8. The Morgan fingerprint density at radius 1 is 0.839 bits per heavy atom. The van der Waals surface area contributed by atoms with Gasteiger partial charge in [0.1, 0.15) is 12.4 Å². The van der Waals surface area contributed by atoms with Crippen LogP contribution in [0, 0.1) is 0 Å². The number of cyclic esters (lactones) is 1. The largest absolute Gasteiger partial charge is 0.493 e. The van der Waals surface area contributed by atoms with Crippen molar-refractivity contribution in [2.75, 3.05) is 34.9 Å². The molecule has 0 unspecified atom stereocenters. The molecule has 0 atom stereocenters. The molecule has 0 saturated heterocycles. The first kappa shape index (κ1) is 19.3. The predicted molar refractivity (Wildman–Crippen MR) is 110 cm³/mol. The van der Waals surface area contributed by atoms with Crippen LogP contribution >= 0.6 is 0 Å². The topological polar surface area (TPSA) is 81.7 Å². The fourth-order valence-corrected chi connectivity index (χ4v) is 3.99. The highest BCUT2D eigenvalue weighted by Crippen LogP contribution is 2.48. The van der Waals surface area contributed by atoms with E-state index in [1.54, 1.807) is 20.3 Å². The van der Waals surface area contributed by atoms with Crippen LogP contribution in [0.1, 0.15) is 15.9 Å². The van der Waals surface area contributed by atoms with Crippen molar-refractivity contribution in [2.45, 2.75) is 6.61 Å². The summed E-state index contributed by atoms with van der Waals surface area (Å²) in [5.41, 5.74) is 2.60. The molecule has 3 aromatic carbocycles. The first-order valence-electron chi connectivity index (χ1n) is 9.59. The molecule has 3 aromatic rings. The van der Waals surface area contributed by atoms with E-state index in [4.69, 9.17) is 33.2 Å². The maximum Gasteiger partial charge on any atom is 0.339 e. The van der Waals surface area contributed by atoms with Crippen molar-refractivity contribution >= 4 is 16.7 Å². The molecule has 0 radical (unpaired) electrons. The second-order valence-corrected chi connectivity index (χ2v) is 7.04. The van der Waals surface area contributed by atoms with Crippen molar-refractivity contribution in [3.05, 3.63) is 41.5 Å². The predicted octanol–water partition coefficient (Wildman–Crippen LogP) is 3.91. The Labute approximate surface area is 178 Å². The number of hydrogen-bond donors (Lipinski definition) is 0.